The summed E-state index contributed by atoms with van der Waals surface area (Å²) in [5.74, 6) is -0.362. The monoisotopic (exact) mass is 454 g/mol. The number of benzene rings is 4. The van der Waals surface area contributed by atoms with Gasteiger partial charge < -0.3 is 0 Å². The second-order valence-electron chi connectivity index (χ2n) is 9.20. The molecule has 4 aromatic rings. The van der Waals surface area contributed by atoms with Crippen molar-refractivity contribution in [2.45, 2.75) is 51.9 Å². The summed E-state index contributed by atoms with van der Waals surface area (Å²) in [5.41, 5.74) is 7.14. The molecule has 0 heterocycles. The Morgan fingerprint density at radius 2 is 1.15 bits per heavy atom. The molecule has 0 unspecified atom stereocenters. The van der Waals surface area contributed by atoms with E-state index in [1.54, 1.807) is 0 Å². The SMILES string of the molecule is CCCc1c(F)cc(CCc2ccc(-c3ccc(C[C@@H](C)c4ccccc4)cc3)cc2)cc1F. The van der Waals surface area contributed by atoms with Crippen molar-refractivity contribution in [3.63, 3.8) is 0 Å². The Hall–Kier alpha value is -3.26. The van der Waals surface area contributed by atoms with Crippen molar-refractivity contribution in [2.24, 2.45) is 0 Å². The predicted molar refractivity (Wildman–Crippen MR) is 138 cm³/mol. The molecular weight excluding hydrogens is 422 g/mol. The van der Waals surface area contributed by atoms with E-state index in [2.05, 4.69) is 85.8 Å². The summed E-state index contributed by atoms with van der Waals surface area (Å²) in [4.78, 5) is 0. The molecule has 34 heavy (non-hydrogen) atoms. The van der Waals surface area contributed by atoms with E-state index in [9.17, 15) is 8.78 Å². The van der Waals surface area contributed by atoms with Crippen LogP contribution in [0.4, 0.5) is 8.78 Å². The Bertz CT molecular complexity index is 1170. The standard InChI is InChI=1S/C32H32F2/c1-3-7-30-31(33)21-26(22-32(30)34)11-10-24-12-16-28(17-13-24)29-18-14-25(15-19-29)20-23(2)27-8-5-4-6-9-27/h4-6,8-9,12-19,21-23H,3,7,10-11,20H2,1-2H3/t23-/m1/s1. The van der Waals surface area contributed by atoms with Crippen molar-refractivity contribution >= 4 is 0 Å². The Balaban J connectivity index is 1.36. The molecule has 1 atom stereocenters. The van der Waals surface area contributed by atoms with E-state index in [-0.39, 0.29) is 5.56 Å². The van der Waals surface area contributed by atoms with E-state index in [4.69, 9.17) is 0 Å². The summed E-state index contributed by atoms with van der Waals surface area (Å²) in [6, 6.07) is 30.9. The van der Waals surface area contributed by atoms with E-state index in [0.29, 0.717) is 24.3 Å². The van der Waals surface area contributed by atoms with Crippen LogP contribution in [0.3, 0.4) is 0 Å². The van der Waals surface area contributed by atoms with Crippen molar-refractivity contribution in [1.82, 2.24) is 0 Å². The zero-order chi connectivity index (χ0) is 23.9. The average Bonchev–Trinajstić information content (AvgIpc) is 2.86. The Morgan fingerprint density at radius 3 is 1.71 bits per heavy atom. The van der Waals surface area contributed by atoms with E-state index >= 15 is 0 Å². The molecule has 0 fully saturated rings. The molecule has 0 radical (unpaired) electrons. The lowest BCUT2D eigenvalue weighted by Gasteiger charge is -2.12. The van der Waals surface area contributed by atoms with Gasteiger partial charge in [-0.1, -0.05) is 99.1 Å². The number of hydrogen-bond acceptors (Lipinski definition) is 0. The van der Waals surface area contributed by atoms with Gasteiger partial charge in [-0.2, -0.15) is 0 Å². The molecule has 0 aliphatic rings. The lowest BCUT2D eigenvalue weighted by atomic mass is 9.92. The Labute approximate surface area is 202 Å². The molecule has 0 N–H and O–H groups in total. The highest BCUT2D eigenvalue weighted by Gasteiger charge is 2.11. The maximum Gasteiger partial charge on any atom is 0.129 e. The van der Waals surface area contributed by atoms with Crippen LogP contribution in [0.15, 0.2) is 91.0 Å². The van der Waals surface area contributed by atoms with Crippen molar-refractivity contribution in [3.05, 3.63) is 130 Å². The van der Waals surface area contributed by atoms with Gasteiger partial charge in [0, 0.05) is 5.56 Å². The third-order valence-electron chi connectivity index (χ3n) is 6.55. The Morgan fingerprint density at radius 1 is 0.618 bits per heavy atom. The van der Waals surface area contributed by atoms with Crippen molar-refractivity contribution < 1.29 is 8.78 Å². The van der Waals surface area contributed by atoms with Crippen LogP contribution in [-0.2, 0) is 25.7 Å². The fourth-order valence-electron chi connectivity index (χ4n) is 4.53. The summed E-state index contributed by atoms with van der Waals surface area (Å²) >= 11 is 0. The molecule has 0 aromatic heterocycles. The third-order valence-corrected chi connectivity index (χ3v) is 6.55. The number of aryl methyl sites for hydroxylation is 2. The smallest absolute Gasteiger partial charge is 0.129 e. The van der Waals surface area contributed by atoms with Crippen LogP contribution in [0.5, 0.6) is 0 Å². The summed E-state index contributed by atoms with van der Waals surface area (Å²) in [6.45, 7) is 4.20. The molecule has 4 aromatic carbocycles. The largest absolute Gasteiger partial charge is 0.207 e. The minimum absolute atomic E-state index is 0.205. The summed E-state index contributed by atoms with van der Waals surface area (Å²) < 4.78 is 28.4. The van der Waals surface area contributed by atoms with Crippen molar-refractivity contribution in [3.8, 4) is 11.1 Å². The van der Waals surface area contributed by atoms with Gasteiger partial charge in [-0.25, -0.2) is 8.78 Å². The normalized spacial score (nSPS) is 12.0. The van der Waals surface area contributed by atoms with Gasteiger partial charge in [-0.15, -0.1) is 0 Å². The first-order valence-electron chi connectivity index (χ1n) is 12.2. The molecule has 0 saturated heterocycles. The van der Waals surface area contributed by atoms with Crippen LogP contribution in [0.25, 0.3) is 11.1 Å². The zero-order valence-corrected chi connectivity index (χ0v) is 20.0. The first-order valence-corrected chi connectivity index (χ1v) is 12.2. The summed E-state index contributed by atoms with van der Waals surface area (Å²) in [5, 5.41) is 0. The van der Waals surface area contributed by atoms with Gasteiger partial charge in [-0.3, -0.25) is 0 Å². The molecule has 0 amide bonds. The lowest BCUT2D eigenvalue weighted by Crippen LogP contribution is -2.00. The third kappa shape index (κ3) is 5.99. The molecule has 0 saturated carbocycles. The second kappa shape index (κ2) is 11.2. The molecule has 0 aliphatic carbocycles. The summed E-state index contributed by atoms with van der Waals surface area (Å²) in [7, 11) is 0. The van der Waals surface area contributed by atoms with Crippen molar-refractivity contribution in [2.75, 3.05) is 0 Å². The lowest BCUT2D eigenvalue weighted by molar-refractivity contribution is 0.549. The molecule has 0 spiro atoms. The second-order valence-corrected chi connectivity index (χ2v) is 9.20. The highest BCUT2D eigenvalue weighted by molar-refractivity contribution is 5.64. The number of halogens is 2. The number of hydrogen-bond donors (Lipinski definition) is 0. The van der Waals surface area contributed by atoms with Crippen LogP contribution in [0.2, 0.25) is 0 Å². The highest BCUT2D eigenvalue weighted by atomic mass is 19.1. The maximum absolute atomic E-state index is 14.2. The minimum Gasteiger partial charge on any atom is -0.207 e. The average molecular weight is 455 g/mol. The fraction of sp³-hybridized carbons (Fsp3) is 0.250. The van der Waals surface area contributed by atoms with Gasteiger partial charge in [0.15, 0.2) is 0 Å². The molecule has 0 nitrogen and oxygen atoms in total. The van der Waals surface area contributed by atoms with Gasteiger partial charge in [0.2, 0.25) is 0 Å². The van der Waals surface area contributed by atoms with Crippen LogP contribution >= 0.6 is 0 Å². The van der Waals surface area contributed by atoms with Gasteiger partial charge in [0.1, 0.15) is 11.6 Å². The Kier molecular flexibility index (Phi) is 7.90. The van der Waals surface area contributed by atoms with Crippen LogP contribution < -0.4 is 0 Å². The van der Waals surface area contributed by atoms with Crippen LogP contribution in [0.1, 0.15) is 54.0 Å². The van der Waals surface area contributed by atoms with Gasteiger partial charge >= 0.3 is 0 Å². The van der Waals surface area contributed by atoms with E-state index in [0.717, 1.165) is 24.8 Å². The van der Waals surface area contributed by atoms with Gasteiger partial charge in [0.05, 0.1) is 0 Å². The first kappa shape index (κ1) is 23.9. The molecule has 4 rings (SSSR count). The summed E-state index contributed by atoms with van der Waals surface area (Å²) in [6.07, 6.45) is 3.56. The first-order chi connectivity index (χ1) is 16.5. The zero-order valence-electron chi connectivity index (χ0n) is 20.0. The van der Waals surface area contributed by atoms with E-state index in [1.807, 2.05) is 6.92 Å². The van der Waals surface area contributed by atoms with Gasteiger partial charge in [-0.05, 0) is 77.1 Å². The van der Waals surface area contributed by atoms with Crippen LogP contribution in [-0.4, -0.2) is 0 Å². The maximum atomic E-state index is 14.2. The molecule has 2 heteroatoms. The van der Waals surface area contributed by atoms with Crippen molar-refractivity contribution in [1.29, 1.82) is 0 Å². The fourth-order valence-corrected chi connectivity index (χ4v) is 4.53. The molecule has 174 valence electrons. The highest BCUT2D eigenvalue weighted by Crippen LogP contribution is 2.25. The minimum atomic E-state index is -0.422. The molecular formula is C32H32F2. The molecule has 0 bridgehead atoms. The van der Waals surface area contributed by atoms with E-state index < -0.39 is 11.6 Å². The van der Waals surface area contributed by atoms with E-state index in [1.165, 1.54) is 34.4 Å². The molecule has 0 aliphatic heterocycles. The quantitative estimate of drug-likeness (QED) is 0.237. The van der Waals surface area contributed by atoms with Gasteiger partial charge in [0.25, 0.3) is 0 Å². The predicted octanol–water partition coefficient (Wildman–Crippen LogP) is 8.72. The van der Waals surface area contributed by atoms with Crippen LogP contribution in [0, 0.1) is 11.6 Å². The topological polar surface area (TPSA) is 0 Å². The number of rotatable bonds is 9.